The van der Waals surface area contributed by atoms with Gasteiger partial charge in [0.15, 0.2) is 4.77 Å². The molecule has 7 heteroatoms. The average Bonchev–Trinajstić information content (AvgIpc) is 3.14. The van der Waals surface area contributed by atoms with E-state index in [0.29, 0.717) is 12.1 Å². The van der Waals surface area contributed by atoms with Gasteiger partial charge in [-0.05, 0) is 99.2 Å². The summed E-state index contributed by atoms with van der Waals surface area (Å²) < 4.78 is 2.84. The maximum Gasteiger partial charge on any atom is 0.178 e. The van der Waals surface area contributed by atoms with Crippen molar-refractivity contribution in [1.82, 2.24) is 19.5 Å². The van der Waals surface area contributed by atoms with Crippen molar-refractivity contribution in [3.8, 4) is 0 Å². The third-order valence-electron chi connectivity index (χ3n) is 8.75. The molecule has 2 heterocycles. The van der Waals surface area contributed by atoms with Gasteiger partial charge in [-0.3, -0.25) is 0 Å². The van der Waals surface area contributed by atoms with Crippen LogP contribution in [0.4, 0.5) is 11.5 Å². The van der Waals surface area contributed by atoms with Crippen LogP contribution in [0.15, 0.2) is 42.7 Å². The van der Waals surface area contributed by atoms with E-state index in [1.165, 1.54) is 49.8 Å². The van der Waals surface area contributed by atoms with Crippen molar-refractivity contribution in [2.24, 2.45) is 17.8 Å². The summed E-state index contributed by atoms with van der Waals surface area (Å²) in [6.07, 6.45) is 10.1. The number of hydrogen-bond donors (Lipinski definition) is 3. The first-order valence-corrected chi connectivity index (χ1v) is 13.5. The predicted octanol–water partition coefficient (Wildman–Crippen LogP) is 6.65. The van der Waals surface area contributed by atoms with Crippen molar-refractivity contribution in [1.29, 1.82) is 0 Å². The van der Waals surface area contributed by atoms with Crippen molar-refractivity contribution in [2.75, 3.05) is 10.6 Å². The zero-order chi connectivity index (χ0) is 23.6. The van der Waals surface area contributed by atoms with Crippen LogP contribution in [0.2, 0.25) is 0 Å². The Hall–Kier alpha value is -2.93. The number of aromatic amines is 1. The minimum atomic E-state index is 0.294. The van der Waals surface area contributed by atoms with Crippen LogP contribution in [-0.2, 0) is 13.1 Å². The van der Waals surface area contributed by atoms with Gasteiger partial charge in [0.1, 0.15) is 12.1 Å². The molecular weight excluding hydrogens is 452 g/mol. The van der Waals surface area contributed by atoms with Crippen molar-refractivity contribution in [3.63, 3.8) is 0 Å². The highest BCUT2D eigenvalue weighted by atomic mass is 32.1. The van der Waals surface area contributed by atoms with Gasteiger partial charge in [-0.15, -0.1) is 0 Å². The second kappa shape index (κ2) is 8.05. The van der Waals surface area contributed by atoms with Crippen LogP contribution >= 0.6 is 12.2 Å². The number of anilines is 2. The second-order valence-corrected chi connectivity index (χ2v) is 11.5. The molecule has 0 radical (unpaired) electrons. The smallest absolute Gasteiger partial charge is 0.178 e. The summed E-state index contributed by atoms with van der Waals surface area (Å²) in [5, 5.41) is 8.70. The molecule has 2 aromatic heterocycles. The summed E-state index contributed by atoms with van der Waals surface area (Å²) in [5.41, 5.74) is 5.87. The molecule has 8 rings (SSSR count). The highest BCUT2D eigenvalue weighted by Crippen LogP contribution is 2.56. The maximum absolute atomic E-state index is 5.51. The van der Waals surface area contributed by atoms with Crippen molar-refractivity contribution in [3.05, 3.63) is 53.1 Å². The van der Waals surface area contributed by atoms with E-state index in [-0.39, 0.29) is 0 Å². The fraction of sp³-hybridized carbons (Fsp3) is 0.464. The van der Waals surface area contributed by atoms with E-state index in [2.05, 4.69) is 73.5 Å². The maximum atomic E-state index is 5.51. The Labute approximate surface area is 210 Å². The summed E-state index contributed by atoms with van der Waals surface area (Å²) in [6, 6.07) is 13.0. The number of aromatic nitrogens is 4. The highest BCUT2D eigenvalue weighted by molar-refractivity contribution is 7.71. The van der Waals surface area contributed by atoms with E-state index in [4.69, 9.17) is 12.2 Å². The summed E-state index contributed by atoms with van der Waals surface area (Å²) in [6.45, 7) is 3.65. The molecule has 4 aliphatic carbocycles. The second-order valence-electron chi connectivity index (χ2n) is 11.1. The summed E-state index contributed by atoms with van der Waals surface area (Å²) in [4.78, 5) is 12.5. The Kier molecular flexibility index (Phi) is 4.91. The molecule has 4 aliphatic rings. The highest BCUT2D eigenvalue weighted by Gasteiger charge is 2.51. The van der Waals surface area contributed by atoms with E-state index in [1.54, 1.807) is 6.33 Å². The number of aryl methyl sites for hydroxylation is 1. The summed E-state index contributed by atoms with van der Waals surface area (Å²) >= 11 is 5.51. The average molecular weight is 485 g/mol. The Morgan fingerprint density at radius 1 is 1.06 bits per heavy atom. The molecular formula is C28H32N6S. The molecule has 0 amide bonds. The van der Waals surface area contributed by atoms with E-state index in [0.717, 1.165) is 56.8 Å². The van der Waals surface area contributed by atoms with Crippen molar-refractivity contribution < 1.29 is 0 Å². The molecule has 6 nitrogen and oxygen atoms in total. The SMILES string of the molecule is CCn1c(=S)[nH]c2cc3c(NCc4ccccc4NC45CC6CC(CC(C6)C4)C5)ncnc3cc21. The zero-order valence-corrected chi connectivity index (χ0v) is 21.0. The first kappa shape index (κ1) is 21.4. The molecule has 4 saturated carbocycles. The minimum Gasteiger partial charge on any atom is -0.379 e. The number of H-pyrrole nitrogens is 1. The van der Waals surface area contributed by atoms with Crippen LogP contribution in [-0.4, -0.2) is 25.1 Å². The van der Waals surface area contributed by atoms with Crippen LogP contribution in [0.5, 0.6) is 0 Å². The fourth-order valence-electron chi connectivity index (χ4n) is 7.69. The number of benzene rings is 2. The lowest BCUT2D eigenvalue weighted by molar-refractivity contribution is 0.0107. The van der Waals surface area contributed by atoms with Gasteiger partial charge in [0, 0.05) is 29.7 Å². The van der Waals surface area contributed by atoms with E-state index < -0.39 is 0 Å². The molecule has 180 valence electrons. The van der Waals surface area contributed by atoms with Gasteiger partial charge in [0.25, 0.3) is 0 Å². The standard InChI is InChI=1S/C28H32N6S/c1-2-34-25-11-23-21(10-24(25)32-27(34)35)26(31-16-30-23)29-15-20-5-3-4-6-22(20)33-28-12-17-7-18(13-28)9-19(8-17)14-28/h3-6,10-11,16-19,33H,2,7-9,12-15H2,1H3,(H,32,35)(H,29,30,31). The largest absolute Gasteiger partial charge is 0.379 e. The van der Waals surface area contributed by atoms with Crippen LogP contribution in [0.3, 0.4) is 0 Å². The monoisotopic (exact) mass is 484 g/mol. The molecule has 0 atom stereocenters. The van der Waals surface area contributed by atoms with Gasteiger partial charge >= 0.3 is 0 Å². The molecule has 0 unspecified atom stereocenters. The van der Waals surface area contributed by atoms with Crippen molar-refractivity contribution in [2.45, 2.75) is 64.1 Å². The first-order chi connectivity index (χ1) is 17.1. The van der Waals surface area contributed by atoms with Crippen LogP contribution < -0.4 is 10.6 Å². The minimum absolute atomic E-state index is 0.294. The predicted molar refractivity (Wildman–Crippen MR) is 144 cm³/mol. The molecule has 0 saturated heterocycles. The molecule has 4 bridgehead atoms. The molecule has 2 aromatic carbocycles. The molecule has 35 heavy (non-hydrogen) atoms. The molecule has 4 fully saturated rings. The summed E-state index contributed by atoms with van der Waals surface area (Å²) in [7, 11) is 0. The molecule has 4 aromatic rings. The Bertz CT molecular complexity index is 1450. The van der Waals surface area contributed by atoms with E-state index in [1.807, 2.05) is 0 Å². The van der Waals surface area contributed by atoms with Crippen LogP contribution in [0.25, 0.3) is 21.9 Å². The van der Waals surface area contributed by atoms with E-state index in [9.17, 15) is 0 Å². The van der Waals surface area contributed by atoms with Gasteiger partial charge in [-0.25, -0.2) is 9.97 Å². The Morgan fingerprint density at radius 3 is 2.54 bits per heavy atom. The molecule has 0 spiro atoms. The topological polar surface area (TPSA) is 70.6 Å². The lowest BCUT2D eigenvalue weighted by atomic mass is 9.53. The van der Waals surface area contributed by atoms with Gasteiger partial charge < -0.3 is 20.2 Å². The van der Waals surface area contributed by atoms with Crippen molar-refractivity contribution >= 4 is 45.7 Å². The normalized spacial score (nSPS) is 27.1. The van der Waals surface area contributed by atoms with Gasteiger partial charge in [0.05, 0.1) is 16.6 Å². The lowest BCUT2D eigenvalue weighted by Gasteiger charge is -2.57. The van der Waals surface area contributed by atoms with Crippen LogP contribution in [0.1, 0.15) is 51.0 Å². The number of fused-ring (bicyclic) bond motifs is 2. The van der Waals surface area contributed by atoms with E-state index >= 15 is 0 Å². The fourth-order valence-corrected chi connectivity index (χ4v) is 8.02. The van der Waals surface area contributed by atoms with Gasteiger partial charge in [-0.1, -0.05) is 18.2 Å². The third-order valence-corrected chi connectivity index (χ3v) is 9.07. The Morgan fingerprint density at radius 2 is 1.80 bits per heavy atom. The number of nitrogens with one attached hydrogen (secondary N) is 3. The molecule has 0 aliphatic heterocycles. The molecule has 3 N–H and O–H groups in total. The Balaban J connectivity index is 1.17. The number of rotatable bonds is 6. The summed E-state index contributed by atoms with van der Waals surface area (Å²) in [5.74, 6) is 3.64. The number of para-hydroxylation sites is 1. The van der Waals surface area contributed by atoms with Crippen LogP contribution in [0, 0.1) is 22.5 Å². The van der Waals surface area contributed by atoms with Gasteiger partial charge in [0.2, 0.25) is 0 Å². The number of hydrogen-bond acceptors (Lipinski definition) is 5. The number of imidazole rings is 1. The zero-order valence-electron chi connectivity index (χ0n) is 20.2. The lowest BCUT2D eigenvalue weighted by Crippen LogP contribution is -2.54. The number of nitrogens with zero attached hydrogens (tertiary/aromatic N) is 3. The third kappa shape index (κ3) is 3.63. The van der Waals surface area contributed by atoms with Gasteiger partial charge in [-0.2, -0.15) is 0 Å². The first-order valence-electron chi connectivity index (χ1n) is 13.1. The quantitative estimate of drug-likeness (QED) is 0.267.